The first-order valence-corrected chi connectivity index (χ1v) is 28.5. The van der Waals surface area contributed by atoms with Crippen molar-refractivity contribution in [2.45, 2.75) is 116 Å². The molecule has 2 N–H and O–H groups in total. The zero-order valence-corrected chi connectivity index (χ0v) is 49.1. The molecule has 4 saturated carbocycles. The third kappa shape index (κ3) is 21.0. The maximum Gasteiger partial charge on any atom is 0.136 e. The van der Waals surface area contributed by atoms with E-state index >= 15 is 0 Å². The molecular weight excluding hydrogens is 1220 g/mol. The summed E-state index contributed by atoms with van der Waals surface area (Å²) in [5.41, 5.74) is 10.2. The Bertz CT molecular complexity index is 3410. The van der Waals surface area contributed by atoms with Crippen LogP contribution in [0.4, 0.5) is 0 Å². The van der Waals surface area contributed by atoms with E-state index in [1.165, 1.54) is 80.5 Å². The summed E-state index contributed by atoms with van der Waals surface area (Å²) in [5, 5.41) is 17.5. The number of pyridine rings is 4. The molecule has 0 atom stereocenters. The third-order valence-electron chi connectivity index (χ3n) is 12.3. The van der Waals surface area contributed by atoms with E-state index in [1.807, 2.05) is 53.7 Å². The molecule has 10 aromatic rings. The van der Waals surface area contributed by atoms with Gasteiger partial charge in [0.05, 0.1) is 35.5 Å². The van der Waals surface area contributed by atoms with Gasteiger partial charge in [0.1, 0.15) is 27.2 Å². The summed E-state index contributed by atoms with van der Waals surface area (Å²) in [6, 6.07) is 16.7. The van der Waals surface area contributed by atoms with E-state index < -0.39 is 7.12 Å². The van der Waals surface area contributed by atoms with Crippen molar-refractivity contribution >= 4 is 117 Å². The quantitative estimate of drug-likeness (QED) is 0.0847. The summed E-state index contributed by atoms with van der Waals surface area (Å²) in [6.07, 6.45) is 38.6. The Morgan fingerprint density at radius 2 is 1.05 bits per heavy atom. The van der Waals surface area contributed by atoms with Crippen molar-refractivity contribution in [3.05, 3.63) is 177 Å². The molecule has 15 rings (SSSR count). The van der Waals surface area contributed by atoms with Crippen LogP contribution in [0.25, 0.3) is 33.8 Å². The van der Waals surface area contributed by atoms with Crippen LogP contribution >= 0.6 is 79.5 Å². The molecule has 0 amide bonds. The Morgan fingerprint density at radius 1 is 0.613 bits per heavy atom. The molecule has 80 heavy (non-hydrogen) atoms. The summed E-state index contributed by atoms with van der Waals surface area (Å²) in [4.78, 5) is 32.2. The molecule has 1 radical (unpaired) electrons. The molecule has 0 unspecified atom stereocenters. The Labute approximate surface area is 508 Å². The van der Waals surface area contributed by atoms with Crippen molar-refractivity contribution in [3.8, 4) is 11.3 Å². The van der Waals surface area contributed by atoms with Gasteiger partial charge in [0.2, 0.25) is 10.6 Å². The van der Waals surface area contributed by atoms with Gasteiger partial charge in [-0.25, -0.2) is 39.9 Å². The number of halogens is 5. The minimum atomic E-state index is -1.04. The van der Waals surface area contributed by atoms with Gasteiger partial charge in [-0.3, -0.25) is 8.80 Å². The van der Waals surface area contributed by atoms with Crippen LogP contribution in [0.5, 0.6) is 0 Å². The van der Waals surface area contributed by atoms with E-state index in [2.05, 4.69) is 165 Å². The molecule has 1 saturated heterocycles. The van der Waals surface area contributed by atoms with Crippen molar-refractivity contribution in [1.29, 1.82) is 0 Å². The standard InChI is InChI=1S/C14H11ClN4.C10H9BrN2.C10H10N2.C7H5BrN2.C4H2Cl2N2.C4H8O.C3H7BO2.C2H6.2CH4.BHNS/c15-14-17-5-11(6-18-14)12-7-16-13-4-3-10(8-19(12)13)9-1-2-9;11-9-5-12-10-4-3-8(6-13(9)10)7-1-2-7;1-2-8(1)9-3-4-10-11-5-6-12(10)7-9;8-6-1-2-7-9-3-4-10(7)5-6;5-3-1-7-4(6)8-2-3;1-2-4-5-3-1;5-4(6)3-1-2-3;1-2;;;1-2-3/h3-9H,1-2H2;3-7H,1-2H2;3-8H,1-2H2;1-5H;1-2H;1-4H2;3,5-6H,1-2H2;1-2H3;2*1H4;3H/i;;;;;;;1D;;;. The topological polar surface area (TPSA) is 183 Å². The monoisotopic (exact) mass is 1290 g/mol. The van der Waals surface area contributed by atoms with Gasteiger partial charge in [0, 0.05) is 86.6 Å². The molecule has 10 aromatic heterocycles. The molecule has 24 heteroatoms. The molecule has 4 aliphatic carbocycles. The van der Waals surface area contributed by atoms with Gasteiger partial charge in [0.15, 0.2) is 0 Å². The molecule has 0 aromatic carbocycles. The number of nitrogens with zero attached hydrogens (tertiary/aromatic N) is 13. The number of fused-ring (bicyclic) bond motifs is 4. The van der Waals surface area contributed by atoms with Crippen LogP contribution in [0.15, 0.2) is 149 Å². The second-order valence-electron chi connectivity index (χ2n) is 18.2. The van der Waals surface area contributed by atoms with Crippen LogP contribution in [0.2, 0.25) is 21.4 Å². The molecule has 11 heterocycles. The van der Waals surface area contributed by atoms with Crippen LogP contribution in [-0.2, 0) is 4.74 Å². The van der Waals surface area contributed by atoms with Gasteiger partial charge in [-0.2, -0.15) is 0 Å². The number of aromatic nitrogens is 12. The third-order valence-corrected chi connectivity index (χ3v) is 13.9. The minimum absolute atomic E-state index is 0. The van der Waals surface area contributed by atoms with Crippen LogP contribution in [0.3, 0.4) is 0 Å². The summed E-state index contributed by atoms with van der Waals surface area (Å²) < 4.78 is 24.2. The number of rotatable bonds is 5. The Morgan fingerprint density at radius 3 is 1.50 bits per heavy atom. The fourth-order valence-corrected chi connectivity index (χ4v) is 8.66. The van der Waals surface area contributed by atoms with Gasteiger partial charge in [-0.05, 0) is 177 Å². The molecule has 0 bridgehead atoms. The predicted octanol–water partition coefficient (Wildman–Crippen LogP) is 15.3. The normalized spacial score (nSPS) is 14.5. The summed E-state index contributed by atoms with van der Waals surface area (Å²) in [7, 11) is 3.30. The van der Waals surface area contributed by atoms with Gasteiger partial charge in [-0.15, -0.1) is 0 Å². The van der Waals surface area contributed by atoms with Crippen molar-refractivity contribution in [1.82, 2.24) is 57.5 Å². The first-order valence-electron chi connectivity index (χ1n) is 26.1. The zero-order chi connectivity index (χ0) is 56.1. The fourth-order valence-electron chi connectivity index (χ4n) is 7.63. The Kier molecular flexibility index (Phi) is 27.0. The van der Waals surface area contributed by atoms with Gasteiger partial charge in [-0.1, -0.05) is 71.3 Å². The largest absolute Gasteiger partial charge is 0.307 e. The summed E-state index contributed by atoms with van der Waals surface area (Å²) in [5.74, 6) is 2.57. The van der Waals surface area contributed by atoms with E-state index in [4.69, 9.17) is 51.0 Å². The number of hydrogen-bond donors (Lipinski definition) is 3. The second-order valence-corrected chi connectivity index (χ2v) is 21.3. The fraction of sp³-hybridized carbons (Fsp3) is 0.357. The van der Waals surface area contributed by atoms with Crippen LogP contribution < -0.4 is 0 Å². The van der Waals surface area contributed by atoms with Gasteiger partial charge < -0.3 is 23.6 Å². The minimum Gasteiger partial charge on any atom is -0.307 e. The molecular formula is C56H67B2Br2Cl3N13O3S. The average molecular weight is 1290 g/mol. The maximum absolute atomic E-state index is 8.25. The first kappa shape index (κ1) is 64.1. The maximum atomic E-state index is 8.25. The van der Waals surface area contributed by atoms with Crippen molar-refractivity contribution < 1.29 is 16.2 Å². The SMILES string of the molecule is Brc1ccc2nccn2c1.Brc1cnc2ccc(C3CC3)cn12.C.C.C1CCOC1.Clc1cnc(Cl)nc1.Clc1ncc(-c2cnc3ccc(C4CC4)cn23)cn1.OB(O)C1CC1.[2H]CC.[B]=NS.c1cn2cc(C3CC3)ccc2n1. The molecule has 1 aliphatic heterocycles. The zero-order valence-electron chi connectivity index (χ0n) is 43.8. The number of thiol groups is 1. The van der Waals surface area contributed by atoms with E-state index in [-0.39, 0.29) is 31.2 Å². The Balaban J connectivity index is 0.000000176. The van der Waals surface area contributed by atoms with Crippen LogP contribution in [-0.4, -0.2) is 95.5 Å². The second kappa shape index (κ2) is 33.7. The number of ether oxygens (including phenoxy) is 1. The predicted molar refractivity (Wildman–Crippen MR) is 335 cm³/mol. The van der Waals surface area contributed by atoms with E-state index in [1.54, 1.807) is 25.5 Å². The number of hydrogen-bond acceptors (Lipinski definition) is 13. The van der Waals surface area contributed by atoms with Crippen molar-refractivity contribution in [2.24, 2.45) is 4.30 Å². The van der Waals surface area contributed by atoms with Crippen molar-refractivity contribution in [3.63, 3.8) is 0 Å². The van der Waals surface area contributed by atoms with Crippen molar-refractivity contribution in [2.75, 3.05) is 13.2 Å². The van der Waals surface area contributed by atoms with Crippen LogP contribution in [0.1, 0.15) is 129 Å². The number of imidazole rings is 4. The molecule has 5 fully saturated rings. The first-order chi connectivity index (χ1) is 38.4. The Hall–Kier alpha value is -5.09. The van der Waals surface area contributed by atoms with E-state index in [9.17, 15) is 0 Å². The molecule has 16 nitrogen and oxygen atoms in total. The summed E-state index contributed by atoms with van der Waals surface area (Å²) >= 11 is 26.5. The van der Waals surface area contributed by atoms with E-state index in [0.29, 0.717) is 11.9 Å². The molecule has 0 spiro atoms. The van der Waals surface area contributed by atoms with Gasteiger partial charge >= 0.3 is 31.9 Å². The van der Waals surface area contributed by atoms with Gasteiger partial charge in [0.25, 0.3) is 0 Å². The molecule has 421 valence electrons. The average Bonchev–Trinajstić information content (AvgIpc) is 4.48. The smallest absolute Gasteiger partial charge is 0.136 e. The van der Waals surface area contributed by atoms with Crippen LogP contribution in [0, 0.1) is 0 Å². The summed E-state index contributed by atoms with van der Waals surface area (Å²) in [6.45, 7) is 4.29. The van der Waals surface area contributed by atoms with E-state index in [0.717, 1.165) is 86.7 Å². The molecule has 5 aliphatic rings.